The molecule has 1 saturated heterocycles. The summed E-state index contributed by atoms with van der Waals surface area (Å²) < 4.78 is 9.95. The molecule has 1 aliphatic rings. The van der Waals surface area contributed by atoms with Crippen LogP contribution in [0.3, 0.4) is 0 Å². The molecular formula is C13H17NO3. The highest BCUT2D eigenvalue weighted by Gasteiger charge is 2.34. The van der Waals surface area contributed by atoms with Crippen LogP contribution < -0.4 is 10.1 Å². The van der Waals surface area contributed by atoms with Crippen molar-refractivity contribution in [3.8, 4) is 5.75 Å². The average molecular weight is 235 g/mol. The third kappa shape index (κ3) is 2.42. The van der Waals surface area contributed by atoms with Gasteiger partial charge in [0.1, 0.15) is 5.75 Å². The van der Waals surface area contributed by atoms with Crippen molar-refractivity contribution in [3.63, 3.8) is 0 Å². The van der Waals surface area contributed by atoms with Gasteiger partial charge in [0, 0.05) is 19.0 Å². The van der Waals surface area contributed by atoms with Crippen LogP contribution in [0.15, 0.2) is 24.3 Å². The van der Waals surface area contributed by atoms with Gasteiger partial charge in [0.15, 0.2) is 0 Å². The molecular weight excluding hydrogens is 218 g/mol. The van der Waals surface area contributed by atoms with Crippen molar-refractivity contribution in [2.45, 2.75) is 5.92 Å². The molecule has 4 nitrogen and oxygen atoms in total. The van der Waals surface area contributed by atoms with Gasteiger partial charge in [0.2, 0.25) is 0 Å². The van der Waals surface area contributed by atoms with Gasteiger partial charge in [-0.1, -0.05) is 12.1 Å². The number of nitrogens with one attached hydrogen (secondary N) is 1. The smallest absolute Gasteiger partial charge is 0.310 e. The number of hydrogen-bond donors (Lipinski definition) is 1. The van der Waals surface area contributed by atoms with Crippen LogP contribution in [0.4, 0.5) is 0 Å². The highest BCUT2D eigenvalue weighted by molar-refractivity contribution is 5.74. The summed E-state index contributed by atoms with van der Waals surface area (Å²) >= 11 is 0. The van der Waals surface area contributed by atoms with Crippen LogP contribution in [0, 0.1) is 5.92 Å². The van der Waals surface area contributed by atoms with Crippen LogP contribution >= 0.6 is 0 Å². The van der Waals surface area contributed by atoms with E-state index in [1.54, 1.807) is 7.11 Å². The van der Waals surface area contributed by atoms with E-state index in [0.29, 0.717) is 6.54 Å². The van der Waals surface area contributed by atoms with Crippen LogP contribution in [0.2, 0.25) is 0 Å². The van der Waals surface area contributed by atoms with E-state index in [2.05, 4.69) is 5.32 Å². The fraction of sp³-hybridized carbons (Fsp3) is 0.462. The van der Waals surface area contributed by atoms with Crippen molar-refractivity contribution in [1.29, 1.82) is 0 Å². The lowest BCUT2D eigenvalue weighted by Crippen LogP contribution is -2.22. The fourth-order valence-electron chi connectivity index (χ4n) is 2.28. The molecule has 2 rings (SSSR count). The molecule has 0 amide bonds. The predicted molar refractivity (Wildman–Crippen MR) is 64.1 cm³/mol. The lowest BCUT2D eigenvalue weighted by molar-refractivity contribution is -0.145. The summed E-state index contributed by atoms with van der Waals surface area (Å²) in [6, 6.07) is 7.85. The number of ether oxygens (including phenoxy) is 2. The standard InChI is InChI=1S/C13H17NO3/c1-16-10-5-3-9(4-6-10)11-7-14-8-12(11)13(15)17-2/h3-6,11-12,14H,7-8H2,1-2H3/t11-,12-/m0/s1. The molecule has 0 radical (unpaired) electrons. The average Bonchev–Trinajstić information content (AvgIpc) is 2.87. The maximum atomic E-state index is 11.6. The second-order valence-corrected chi connectivity index (χ2v) is 4.17. The van der Waals surface area contributed by atoms with Crippen LogP contribution in [-0.2, 0) is 9.53 Å². The van der Waals surface area contributed by atoms with E-state index < -0.39 is 0 Å². The number of rotatable bonds is 3. The molecule has 17 heavy (non-hydrogen) atoms. The van der Waals surface area contributed by atoms with Gasteiger partial charge in [0.05, 0.1) is 20.1 Å². The molecule has 1 fully saturated rings. The quantitative estimate of drug-likeness (QED) is 0.799. The van der Waals surface area contributed by atoms with E-state index in [1.807, 2.05) is 24.3 Å². The minimum absolute atomic E-state index is 0.0894. The second kappa shape index (κ2) is 5.19. The van der Waals surface area contributed by atoms with Gasteiger partial charge in [0.25, 0.3) is 0 Å². The Balaban J connectivity index is 2.17. The molecule has 1 N–H and O–H groups in total. The molecule has 0 unspecified atom stereocenters. The van der Waals surface area contributed by atoms with Gasteiger partial charge in [-0.3, -0.25) is 4.79 Å². The monoisotopic (exact) mass is 235 g/mol. The Labute approximate surface area is 101 Å². The van der Waals surface area contributed by atoms with Gasteiger partial charge in [-0.05, 0) is 17.7 Å². The SMILES string of the molecule is COC(=O)[C@H]1CNC[C@H]1c1ccc(OC)cc1. The minimum Gasteiger partial charge on any atom is -0.497 e. The van der Waals surface area contributed by atoms with Crippen LogP contribution in [0.1, 0.15) is 11.5 Å². The zero-order valence-corrected chi connectivity index (χ0v) is 10.1. The molecule has 2 atom stereocenters. The lowest BCUT2D eigenvalue weighted by atomic mass is 9.89. The Bertz CT molecular complexity index is 388. The third-order valence-corrected chi connectivity index (χ3v) is 3.26. The van der Waals surface area contributed by atoms with Crippen molar-refractivity contribution < 1.29 is 14.3 Å². The van der Waals surface area contributed by atoms with Gasteiger partial charge in [-0.2, -0.15) is 0 Å². The van der Waals surface area contributed by atoms with Gasteiger partial charge in [-0.15, -0.1) is 0 Å². The molecule has 0 aliphatic carbocycles. The highest BCUT2D eigenvalue weighted by Crippen LogP contribution is 2.29. The maximum Gasteiger partial charge on any atom is 0.310 e. The summed E-state index contributed by atoms with van der Waals surface area (Å²) in [6.45, 7) is 1.50. The Hall–Kier alpha value is -1.55. The Morgan fingerprint density at radius 1 is 1.24 bits per heavy atom. The van der Waals surface area contributed by atoms with Crippen LogP contribution in [0.25, 0.3) is 0 Å². The zero-order chi connectivity index (χ0) is 12.3. The normalized spacial score (nSPS) is 23.4. The first-order chi connectivity index (χ1) is 8.26. The Morgan fingerprint density at radius 2 is 1.94 bits per heavy atom. The maximum absolute atomic E-state index is 11.6. The summed E-state index contributed by atoms with van der Waals surface area (Å²) in [5.74, 6) is 0.784. The molecule has 0 saturated carbocycles. The Morgan fingerprint density at radius 3 is 2.53 bits per heavy atom. The molecule has 1 aromatic carbocycles. The number of esters is 1. The topological polar surface area (TPSA) is 47.6 Å². The van der Waals surface area contributed by atoms with E-state index in [-0.39, 0.29) is 17.8 Å². The summed E-state index contributed by atoms with van der Waals surface area (Å²) in [5.41, 5.74) is 1.14. The summed E-state index contributed by atoms with van der Waals surface area (Å²) in [4.78, 5) is 11.6. The predicted octanol–water partition coefficient (Wildman–Crippen LogP) is 1.17. The molecule has 1 aromatic rings. The largest absolute Gasteiger partial charge is 0.497 e. The van der Waals surface area contributed by atoms with E-state index in [4.69, 9.17) is 9.47 Å². The second-order valence-electron chi connectivity index (χ2n) is 4.17. The number of carbonyl (C=O) groups excluding carboxylic acids is 1. The van der Waals surface area contributed by atoms with Gasteiger partial charge in [-0.25, -0.2) is 0 Å². The molecule has 0 bridgehead atoms. The summed E-state index contributed by atoms with van der Waals surface area (Å²) in [7, 11) is 3.08. The van der Waals surface area contributed by atoms with E-state index in [1.165, 1.54) is 7.11 Å². The van der Waals surface area contributed by atoms with E-state index in [9.17, 15) is 4.79 Å². The molecule has 4 heteroatoms. The molecule has 1 aliphatic heterocycles. The first-order valence-electron chi connectivity index (χ1n) is 5.68. The number of benzene rings is 1. The number of hydrogen-bond acceptors (Lipinski definition) is 4. The van der Waals surface area contributed by atoms with Crippen LogP contribution in [0.5, 0.6) is 5.75 Å². The first kappa shape index (κ1) is 11.9. The van der Waals surface area contributed by atoms with Crippen molar-refractivity contribution in [3.05, 3.63) is 29.8 Å². The van der Waals surface area contributed by atoms with E-state index >= 15 is 0 Å². The molecule has 0 spiro atoms. The summed E-state index contributed by atoms with van der Waals surface area (Å²) in [6.07, 6.45) is 0. The molecule has 1 heterocycles. The minimum atomic E-state index is -0.143. The zero-order valence-electron chi connectivity index (χ0n) is 10.1. The molecule has 92 valence electrons. The van der Waals surface area contributed by atoms with Crippen LogP contribution in [-0.4, -0.2) is 33.3 Å². The number of methoxy groups -OCH3 is 2. The van der Waals surface area contributed by atoms with E-state index in [0.717, 1.165) is 17.9 Å². The highest BCUT2D eigenvalue weighted by atomic mass is 16.5. The van der Waals surface area contributed by atoms with Crippen molar-refractivity contribution >= 4 is 5.97 Å². The van der Waals surface area contributed by atoms with Gasteiger partial charge >= 0.3 is 5.97 Å². The first-order valence-corrected chi connectivity index (χ1v) is 5.68. The third-order valence-electron chi connectivity index (χ3n) is 3.26. The summed E-state index contributed by atoms with van der Waals surface area (Å²) in [5, 5.41) is 3.23. The van der Waals surface area contributed by atoms with Crippen molar-refractivity contribution in [2.75, 3.05) is 27.3 Å². The lowest BCUT2D eigenvalue weighted by Gasteiger charge is -2.16. The van der Waals surface area contributed by atoms with Crippen molar-refractivity contribution in [2.24, 2.45) is 5.92 Å². The van der Waals surface area contributed by atoms with Gasteiger partial charge < -0.3 is 14.8 Å². The Kier molecular flexibility index (Phi) is 3.64. The van der Waals surface area contributed by atoms with Crippen molar-refractivity contribution in [1.82, 2.24) is 5.32 Å². The number of carbonyl (C=O) groups is 1. The molecule has 0 aromatic heterocycles. The fourth-order valence-corrected chi connectivity index (χ4v) is 2.28.